The largest absolute Gasteiger partial charge is 0.487 e. The molecular formula is C26H19Br2IN2O4. The first-order chi connectivity index (χ1) is 16.8. The van der Waals surface area contributed by atoms with E-state index in [1.807, 2.05) is 36.4 Å². The second kappa shape index (κ2) is 12.9. The van der Waals surface area contributed by atoms with Crippen molar-refractivity contribution in [2.24, 2.45) is 0 Å². The third kappa shape index (κ3) is 7.65. The summed E-state index contributed by atoms with van der Waals surface area (Å²) in [7, 11) is 0. The maximum Gasteiger partial charge on any atom is 0.338 e. The highest BCUT2D eigenvalue weighted by atomic mass is 127. The van der Waals surface area contributed by atoms with Gasteiger partial charge in [0.2, 0.25) is 0 Å². The number of carbonyl (C=O) groups excluding carboxylic acids is 2. The summed E-state index contributed by atoms with van der Waals surface area (Å²) in [5.41, 5.74) is 2.46. The van der Waals surface area contributed by atoms with Gasteiger partial charge in [0, 0.05) is 10.2 Å². The molecule has 0 aliphatic carbocycles. The molecule has 0 fully saturated rings. The van der Waals surface area contributed by atoms with Gasteiger partial charge in [-0.15, -0.1) is 0 Å². The fourth-order valence-electron chi connectivity index (χ4n) is 2.95. The number of rotatable bonds is 8. The van der Waals surface area contributed by atoms with Crippen molar-refractivity contribution in [2.75, 3.05) is 11.9 Å². The number of hydrogen-bond acceptors (Lipinski definition) is 5. The van der Waals surface area contributed by atoms with Gasteiger partial charge in [0.15, 0.2) is 0 Å². The Hall–Kier alpha value is -2.68. The van der Waals surface area contributed by atoms with Crippen molar-refractivity contribution in [3.8, 4) is 11.8 Å². The molecule has 35 heavy (non-hydrogen) atoms. The summed E-state index contributed by atoms with van der Waals surface area (Å²) in [4.78, 5) is 24.4. The van der Waals surface area contributed by atoms with Crippen LogP contribution in [0.4, 0.5) is 5.69 Å². The summed E-state index contributed by atoms with van der Waals surface area (Å²) in [6.45, 7) is 2.41. The van der Waals surface area contributed by atoms with Gasteiger partial charge in [0.25, 0.3) is 5.91 Å². The minimum absolute atomic E-state index is 0.0642. The summed E-state index contributed by atoms with van der Waals surface area (Å²) in [5, 5.41) is 12.2. The van der Waals surface area contributed by atoms with Crippen LogP contribution >= 0.6 is 54.5 Å². The zero-order valence-corrected chi connectivity index (χ0v) is 23.8. The Bertz CT molecular complexity index is 1280. The Balaban J connectivity index is 1.71. The Labute approximate surface area is 233 Å². The quantitative estimate of drug-likeness (QED) is 0.117. The monoisotopic (exact) mass is 708 g/mol. The maximum absolute atomic E-state index is 12.7. The van der Waals surface area contributed by atoms with Crippen LogP contribution in [0, 0.1) is 14.9 Å². The smallest absolute Gasteiger partial charge is 0.338 e. The lowest BCUT2D eigenvalue weighted by Gasteiger charge is -2.12. The number of amides is 1. The highest BCUT2D eigenvalue weighted by Gasteiger charge is 2.14. The minimum atomic E-state index is -0.557. The Morgan fingerprint density at radius 2 is 1.77 bits per heavy atom. The molecule has 0 aliphatic heterocycles. The molecule has 3 rings (SSSR count). The number of anilines is 1. The van der Waals surface area contributed by atoms with E-state index in [4.69, 9.17) is 9.47 Å². The summed E-state index contributed by atoms with van der Waals surface area (Å²) in [6, 6.07) is 19.7. The van der Waals surface area contributed by atoms with Crippen molar-refractivity contribution in [3.63, 3.8) is 0 Å². The lowest BCUT2D eigenvalue weighted by molar-refractivity contribution is -0.112. The van der Waals surface area contributed by atoms with Crippen molar-refractivity contribution in [2.45, 2.75) is 13.5 Å². The van der Waals surface area contributed by atoms with E-state index in [9.17, 15) is 14.9 Å². The van der Waals surface area contributed by atoms with E-state index < -0.39 is 11.9 Å². The average molecular weight is 710 g/mol. The van der Waals surface area contributed by atoms with E-state index in [2.05, 4.69) is 59.8 Å². The van der Waals surface area contributed by atoms with Crippen molar-refractivity contribution in [3.05, 3.63) is 95.4 Å². The molecule has 1 amide bonds. The molecule has 0 atom stereocenters. The van der Waals surface area contributed by atoms with E-state index in [-0.39, 0.29) is 12.2 Å². The molecule has 0 spiro atoms. The van der Waals surface area contributed by atoms with E-state index in [0.717, 1.165) is 13.6 Å². The van der Waals surface area contributed by atoms with E-state index >= 15 is 0 Å². The zero-order valence-electron chi connectivity index (χ0n) is 18.5. The lowest BCUT2D eigenvalue weighted by Crippen LogP contribution is -2.13. The Morgan fingerprint density at radius 3 is 2.37 bits per heavy atom. The first-order valence-corrected chi connectivity index (χ1v) is 13.0. The molecular weight excluding hydrogens is 691 g/mol. The van der Waals surface area contributed by atoms with Crippen LogP contribution in [-0.2, 0) is 16.1 Å². The van der Waals surface area contributed by atoms with Gasteiger partial charge in [-0.3, -0.25) is 4.79 Å². The van der Waals surface area contributed by atoms with Gasteiger partial charge >= 0.3 is 5.97 Å². The van der Waals surface area contributed by atoms with Gasteiger partial charge in [-0.05, 0) is 111 Å². The Morgan fingerprint density at radius 1 is 1.09 bits per heavy atom. The molecule has 0 bridgehead atoms. The standard InChI is InChI=1S/C26H19Br2IN2O4/c1-2-34-26(33)18-5-9-21(10-6-18)31-25(32)19(14-30)11-17-12-22(28)24(23(29)13-17)35-15-16-3-7-20(27)8-4-16/h3-13H,2,15H2,1H3,(H,31,32)/b19-11+. The minimum Gasteiger partial charge on any atom is -0.487 e. The zero-order chi connectivity index (χ0) is 25.4. The van der Waals surface area contributed by atoms with Gasteiger partial charge in [-0.25, -0.2) is 4.79 Å². The van der Waals surface area contributed by atoms with Gasteiger partial charge in [0.05, 0.1) is 20.2 Å². The highest BCUT2D eigenvalue weighted by Crippen LogP contribution is 2.33. The molecule has 0 aliphatic rings. The molecule has 178 valence electrons. The molecule has 9 heteroatoms. The number of hydrogen-bond donors (Lipinski definition) is 1. The van der Waals surface area contributed by atoms with Crippen molar-refractivity contribution >= 4 is 78.1 Å². The molecule has 0 saturated heterocycles. The van der Waals surface area contributed by atoms with Crippen LogP contribution < -0.4 is 10.1 Å². The topological polar surface area (TPSA) is 88.4 Å². The average Bonchev–Trinajstić information content (AvgIpc) is 2.83. The van der Waals surface area contributed by atoms with Gasteiger partial charge < -0.3 is 14.8 Å². The molecule has 1 N–H and O–H groups in total. The predicted octanol–water partition coefficient (Wildman–Crippen LogP) is 7.12. The van der Waals surface area contributed by atoms with E-state index in [1.165, 1.54) is 6.08 Å². The summed E-state index contributed by atoms with van der Waals surface area (Å²) >= 11 is 9.10. The van der Waals surface area contributed by atoms with Crippen LogP contribution in [0.3, 0.4) is 0 Å². The Kier molecular flexibility index (Phi) is 9.89. The first-order valence-electron chi connectivity index (χ1n) is 10.4. The molecule has 6 nitrogen and oxygen atoms in total. The number of halogens is 3. The van der Waals surface area contributed by atoms with Crippen LogP contribution in [0.5, 0.6) is 5.75 Å². The molecule has 0 aromatic heterocycles. The van der Waals surface area contributed by atoms with Crippen LogP contribution in [-0.4, -0.2) is 18.5 Å². The predicted molar refractivity (Wildman–Crippen MR) is 150 cm³/mol. The van der Waals surface area contributed by atoms with Crippen LogP contribution in [0.1, 0.15) is 28.4 Å². The summed E-state index contributed by atoms with van der Waals surface area (Å²) in [5.74, 6) is -0.319. The number of nitriles is 1. The maximum atomic E-state index is 12.7. The third-order valence-corrected chi connectivity index (χ3v) is 6.57. The number of esters is 1. The van der Waals surface area contributed by atoms with Crippen molar-refractivity contribution in [1.82, 2.24) is 0 Å². The molecule has 0 heterocycles. The van der Waals surface area contributed by atoms with Crippen molar-refractivity contribution in [1.29, 1.82) is 5.26 Å². The van der Waals surface area contributed by atoms with Crippen molar-refractivity contribution < 1.29 is 19.1 Å². The lowest BCUT2D eigenvalue weighted by atomic mass is 10.1. The number of benzene rings is 3. The first kappa shape index (κ1) is 26.9. The number of carbonyl (C=O) groups is 2. The van der Waals surface area contributed by atoms with Crippen LogP contribution in [0.25, 0.3) is 6.08 Å². The normalized spacial score (nSPS) is 10.9. The fourth-order valence-corrected chi connectivity index (χ4v) is 4.99. The second-order valence-electron chi connectivity index (χ2n) is 7.15. The second-order valence-corrected chi connectivity index (χ2v) is 10.1. The molecule has 3 aromatic carbocycles. The summed E-state index contributed by atoms with van der Waals surface area (Å²) in [6.07, 6.45) is 1.51. The molecule has 3 aromatic rings. The fraction of sp³-hybridized carbons (Fsp3) is 0.115. The number of ether oxygens (including phenoxy) is 2. The van der Waals surface area contributed by atoms with E-state index in [0.29, 0.717) is 33.6 Å². The molecule has 0 unspecified atom stereocenters. The SMILES string of the molecule is CCOC(=O)c1ccc(NC(=O)/C(C#N)=C/c2cc(Br)c(OCc3ccc(Br)cc3)c(I)c2)cc1. The van der Waals surface area contributed by atoms with Crippen LogP contribution in [0.2, 0.25) is 0 Å². The van der Waals surface area contributed by atoms with Gasteiger partial charge in [0.1, 0.15) is 24.0 Å². The van der Waals surface area contributed by atoms with Gasteiger partial charge in [-0.2, -0.15) is 5.26 Å². The number of nitrogens with one attached hydrogen (secondary N) is 1. The molecule has 0 saturated carbocycles. The van der Waals surface area contributed by atoms with Crippen LogP contribution in [0.15, 0.2) is 75.2 Å². The number of nitrogens with zero attached hydrogens (tertiary/aromatic N) is 1. The van der Waals surface area contributed by atoms with E-state index in [1.54, 1.807) is 37.3 Å². The summed E-state index contributed by atoms with van der Waals surface area (Å²) < 4.78 is 13.5. The van der Waals surface area contributed by atoms with Gasteiger partial charge in [-0.1, -0.05) is 28.1 Å². The molecule has 0 radical (unpaired) electrons. The highest BCUT2D eigenvalue weighted by molar-refractivity contribution is 14.1. The third-order valence-electron chi connectivity index (χ3n) is 4.65.